The van der Waals surface area contributed by atoms with E-state index < -0.39 is 0 Å². The van der Waals surface area contributed by atoms with Crippen LogP contribution in [-0.2, 0) is 6.42 Å². The predicted molar refractivity (Wildman–Crippen MR) is 109 cm³/mol. The van der Waals surface area contributed by atoms with E-state index in [-0.39, 0.29) is 5.82 Å². The van der Waals surface area contributed by atoms with Crippen LogP contribution in [0.3, 0.4) is 0 Å². The molecule has 0 saturated carbocycles. The molecule has 2 aromatic carbocycles. The molecule has 1 atom stereocenters. The normalized spacial score (nSPS) is 20.5. The molecule has 1 aromatic heterocycles. The summed E-state index contributed by atoms with van der Waals surface area (Å²) >= 11 is 0. The number of benzene rings is 2. The molecule has 0 bridgehead atoms. The van der Waals surface area contributed by atoms with E-state index in [0.717, 1.165) is 51.3 Å². The molecular formula is C22H25FN4. The Balaban J connectivity index is 1.21. The van der Waals surface area contributed by atoms with Gasteiger partial charge >= 0.3 is 0 Å². The van der Waals surface area contributed by atoms with Gasteiger partial charge in [-0.05, 0) is 48.7 Å². The Kier molecular flexibility index (Phi) is 4.24. The van der Waals surface area contributed by atoms with Crippen molar-refractivity contribution in [2.24, 2.45) is 0 Å². The third-order valence-corrected chi connectivity index (χ3v) is 5.96. The van der Waals surface area contributed by atoms with E-state index in [9.17, 15) is 4.39 Å². The van der Waals surface area contributed by atoms with Gasteiger partial charge in [0.05, 0.1) is 0 Å². The van der Waals surface area contributed by atoms with Gasteiger partial charge in [-0.3, -0.25) is 4.90 Å². The van der Waals surface area contributed by atoms with Gasteiger partial charge in [0.2, 0.25) is 0 Å². The fourth-order valence-electron chi connectivity index (χ4n) is 4.49. The highest BCUT2D eigenvalue weighted by Gasteiger charge is 2.24. The molecule has 2 N–H and O–H groups in total. The lowest BCUT2D eigenvalue weighted by Gasteiger charge is -2.39. The molecule has 1 unspecified atom stereocenters. The third kappa shape index (κ3) is 3.28. The number of aryl methyl sites for hydroxylation is 1. The number of nitrogens with one attached hydrogen (secondary N) is 2. The van der Waals surface area contributed by atoms with Gasteiger partial charge in [-0.25, -0.2) is 4.39 Å². The van der Waals surface area contributed by atoms with E-state index in [0.29, 0.717) is 6.04 Å². The summed E-state index contributed by atoms with van der Waals surface area (Å²) in [6, 6.07) is 14.2. The van der Waals surface area contributed by atoms with E-state index in [1.807, 2.05) is 12.3 Å². The van der Waals surface area contributed by atoms with Gasteiger partial charge in [0.25, 0.3) is 0 Å². The second-order valence-corrected chi connectivity index (χ2v) is 7.69. The van der Waals surface area contributed by atoms with Gasteiger partial charge in [0.15, 0.2) is 0 Å². The minimum absolute atomic E-state index is 0.158. The summed E-state index contributed by atoms with van der Waals surface area (Å²) in [5.74, 6) is -0.158. The van der Waals surface area contributed by atoms with Gasteiger partial charge < -0.3 is 15.2 Å². The molecule has 5 heteroatoms. The van der Waals surface area contributed by atoms with Crippen molar-refractivity contribution in [1.82, 2.24) is 9.88 Å². The van der Waals surface area contributed by atoms with Crippen molar-refractivity contribution in [1.29, 1.82) is 0 Å². The second kappa shape index (κ2) is 6.89. The van der Waals surface area contributed by atoms with Crippen LogP contribution in [0.5, 0.6) is 0 Å². The van der Waals surface area contributed by atoms with Crippen LogP contribution in [-0.4, -0.2) is 48.6 Å². The second-order valence-electron chi connectivity index (χ2n) is 7.69. The molecule has 2 aliphatic heterocycles. The van der Waals surface area contributed by atoms with Crippen molar-refractivity contribution in [3.8, 4) is 0 Å². The smallest absolute Gasteiger partial charge is 0.125 e. The first-order chi connectivity index (χ1) is 13.3. The number of anilines is 2. The molecule has 0 spiro atoms. The number of aromatic amines is 1. The number of H-pyrrole nitrogens is 1. The lowest BCUT2D eigenvalue weighted by atomic mass is 9.97. The number of aromatic nitrogens is 1. The lowest BCUT2D eigenvalue weighted by molar-refractivity contribution is 0.243. The van der Waals surface area contributed by atoms with Crippen molar-refractivity contribution in [2.45, 2.75) is 18.9 Å². The van der Waals surface area contributed by atoms with Crippen molar-refractivity contribution in [3.63, 3.8) is 0 Å². The fourth-order valence-corrected chi connectivity index (χ4v) is 4.49. The van der Waals surface area contributed by atoms with Crippen LogP contribution < -0.4 is 10.2 Å². The number of hydrogen-bond acceptors (Lipinski definition) is 3. The van der Waals surface area contributed by atoms with E-state index in [2.05, 4.69) is 44.4 Å². The zero-order valence-electron chi connectivity index (χ0n) is 15.4. The number of fused-ring (bicyclic) bond motifs is 2. The molecule has 27 heavy (non-hydrogen) atoms. The van der Waals surface area contributed by atoms with Gasteiger partial charge in [0, 0.05) is 67.2 Å². The van der Waals surface area contributed by atoms with Crippen LogP contribution in [0, 0.1) is 5.82 Å². The highest BCUT2D eigenvalue weighted by Crippen LogP contribution is 2.28. The van der Waals surface area contributed by atoms with Gasteiger partial charge in [-0.15, -0.1) is 0 Å². The Hall–Kier alpha value is -2.53. The SMILES string of the molecule is Fc1ccc2c(c1)NC(CN1CCN(c3cccc4[nH]ccc34)CC1)CC2. The standard InChI is InChI=1S/C22H25FN4/c23-17-6-4-16-5-7-18(25-21(16)14-17)15-26-10-12-27(13-11-26)22-3-1-2-20-19(22)8-9-24-20/h1-4,6,8-9,14,18,24-25H,5,7,10-13,15H2. The van der Waals surface area contributed by atoms with Crippen molar-refractivity contribution in [3.05, 3.63) is 60.0 Å². The van der Waals surface area contributed by atoms with Crippen molar-refractivity contribution in [2.75, 3.05) is 42.9 Å². The Morgan fingerprint density at radius 3 is 2.81 bits per heavy atom. The highest BCUT2D eigenvalue weighted by atomic mass is 19.1. The molecular weight excluding hydrogens is 339 g/mol. The third-order valence-electron chi connectivity index (χ3n) is 5.96. The Morgan fingerprint density at radius 2 is 1.93 bits per heavy atom. The topological polar surface area (TPSA) is 34.3 Å². The van der Waals surface area contributed by atoms with E-state index in [1.165, 1.54) is 22.2 Å². The summed E-state index contributed by atoms with van der Waals surface area (Å²) in [6.07, 6.45) is 4.16. The van der Waals surface area contributed by atoms with Gasteiger partial charge in [-0.1, -0.05) is 12.1 Å². The summed E-state index contributed by atoms with van der Waals surface area (Å²) < 4.78 is 13.5. The summed E-state index contributed by atoms with van der Waals surface area (Å²) in [4.78, 5) is 8.33. The fraction of sp³-hybridized carbons (Fsp3) is 0.364. The van der Waals surface area contributed by atoms with Crippen molar-refractivity contribution >= 4 is 22.3 Å². The minimum Gasteiger partial charge on any atom is -0.381 e. The average Bonchev–Trinajstić information content (AvgIpc) is 3.17. The molecule has 2 aliphatic rings. The summed E-state index contributed by atoms with van der Waals surface area (Å²) in [5.41, 5.74) is 4.74. The summed E-state index contributed by atoms with van der Waals surface area (Å²) in [6.45, 7) is 5.24. The molecule has 5 rings (SSSR count). The number of hydrogen-bond donors (Lipinski definition) is 2. The minimum atomic E-state index is -0.158. The maximum Gasteiger partial charge on any atom is 0.125 e. The number of rotatable bonds is 3. The lowest BCUT2D eigenvalue weighted by Crippen LogP contribution is -2.50. The quantitative estimate of drug-likeness (QED) is 0.741. The Labute approximate surface area is 159 Å². The molecule has 0 radical (unpaired) electrons. The molecule has 0 aliphatic carbocycles. The van der Waals surface area contributed by atoms with Crippen LogP contribution in [0.4, 0.5) is 15.8 Å². The molecule has 1 fully saturated rings. The average molecular weight is 364 g/mol. The van der Waals surface area contributed by atoms with Gasteiger partial charge in [-0.2, -0.15) is 0 Å². The van der Waals surface area contributed by atoms with Crippen molar-refractivity contribution < 1.29 is 4.39 Å². The van der Waals surface area contributed by atoms with E-state index in [1.54, 1.807) is 12.1 Å². The maximum atomic E-state index is 13.5. The molecule has 4 nitrogen and oxygen atoms in total. The maximum absolute atomic E-state index is 13.5. The first-order valence-electron chi connectivity index (χ1n) is 9.85. The zero-order chi connectivity index (χ0) is 18.2. The highest BCUT2D eigenvalue weighted by molar-refractivity contribution is 5.92. The zero-order valence-corrected chi connectivity index (χ0v) is 15.4. The van der Waals surface area contributed by atoms with E-state index in [4.69, 9.17) is 0 Å². The number of piperazine rings is 1. The van der Waals surface area contributed by atoms with Crippen LogP contribution in [0.25, 0.3) is 10.9 Å². The molecule has 1 saturated heterocycles. The number of halogens is 1. The Bertz CT molecular complexity index is 942. The summed E-state index contributed by atoms with van der Waals surface area (Å²) in [5, 5.41) is 4.85. The largest absolute Gasteiger partial charge is 0.381 e. The predicted octanol–water partition coefficient (Wildman–Crippen LogP) is 3.86. The number of nitrogens with zero attached hydrogens (tertiary/aromatic N) is 2. The molecule has 3 heterocycles. The molecule has 140 valence electrons. The Morgan fingerprint density at radius 1 is 1.04 bits per heavy atom. The van der Waals surface area contributed by atoms with E-state index >= 15 is 0 Å². The van der Waals surface area contributed by atoms with Crippen LogP contribution in [0.2, 0.25) is 0 Å². The molecule has 0 amide bonds. The first-order valence-corrected chi connectivity index (χ1v) is 9.85. The van der Waals surface area contributed by atoms with Crippen LogP contribution >= 0.6 is 0 Å². The summed E-state index contributed by atoms with van der Waals surface area (Å²) in [7, 11) is 0. The van der Waals surface area contributed by atoms with Gasteiger partial charge in [0.1, 0.15) is 5.82 Å². The van der Waals surface area contributed by atoms with Crippen LogP contribution in [0.1, 0.15) is 12.0 Å². The first kappa shape index (κ1) is 16.6. The van der Waals surface area contributed by atoms with Crippen LogP contribution in [0.15, 0.2) is 48.7 Å². The monoisotopic (exact) mass is 364 g/mol. The molecule has 3 aromatic rings.